The van der Waals surface area contributed by atoms with Gasteiger partial charge in [-0.2, -0.15) is 0 Å². The first kappa shape index (κ1) is 16.9. The van der Waals surface area contributed by atoms with Gasteiger partial charge in [0.2, 0.25) is 0 Å². The van der Waals surface area contributed by atoms with Crippen LogP contribution in [0.4, 0.5) is 10.5 Å². The van der Waals surface area contributed by atoms with E-state index in [9.17, 15) is 9.59 Å². The lowest BCUT2D eigenvalue weighted by atomic mass is 10.0. The molecule has 1 fully saturated rings. The van der Waals surface area contributed by atoms with Crippen molar-refractivity contribution in [3.8, 4) is 0 Å². The normalized spacial score (nSPS) is 22.1. The summed E-state index contributed by atoms with van der Waals surface area (Å²) in [6.07, 6.45) is 1.97. The quantitative estimate of drug-likeness (QED) is 0.817. The maximum absolute atomic E-state index is 13.3. The van der Waals surface area contributed by atoms with Crippen LogP contribution in [0.15, 0.2) is 60.0 Å². The molecule has 2 unspecified atom stereocenters. The number of fused-ring (bicyclic) bond motifs is 1. The Hall–Kier alpha value is -2.53. The largest absolute Gasteiger partial charge is 0.332 e. The lowest BCUT2D eigenvalue weighted by molar-refractivity contribution is -0.119. The van der Waals surface area contributed by atoms with Crippen molar-refractivity contribution >= 4 is 29.4 Å². The molecular weight excluding hydrogens is 344 g/mol. The van der Waals surface area contributed by atoms with E-state index < -0.39 is 0 Å². The van der Waals surface area contributed by atoms with Gasteiger partial charge in [0.15, 0.2) is 0 Å². The van der Waals surface area contributed by atoms with Crippen molar-refractivity contribution in [2.45, 2.75) is 31.7 Å². The molecule has 0 bridgehead atoms. The fourth-order valence-electron chi connectivity index (χ4n) is 3.56. The van der Waals surface area contributed by atoms with Gasteiger partial charge in [0.25, 0.3) is 5.91 Å². The van der Waals surface area contributed by atoms with E-state index in [1.807, 2.05) is 72.7 Å². The van der Waals surface area contributed by atoms with Crippen LogP contribution in [0.25, 0.3) is 0 Å². The highest BCUT2D eigenvalue weighted by molar-refractivity contribution is 8.03. The van der Waals surface area contributed by atoms with Gasteiger partial charge in [-0.1, -0.05) is 54.1 Å². The molecule has 4 nitrogen and oxygen atoms in total. The van der Waals surface area contributed by atoms with Crippen LogP contribution in [-0.4, -0.2) is 28.1 Å². The summed E-state index contributed by atoms with van der Waals surface area (Å²) in [5, 5.41) is 1.66. The SMILES string of the molecule is Cc1cccc(CN2C(=O)N(c3ccccc3C)C(=O)C3SC=CC32)c1. The zero-order chi connectivity index (χ0) is 18.3. The highest BCUT2D eigenvalue weighted by Crippen LogP contribution is 2.37. The molecule has 26 heavy (non-hydrogen) atoms. The predicted octanol–water partition coefficient (Wildman–Crippen LogP) is 4.27. The van der Waals surface area contributed by atoms with Gasteiger partial charge in [-0.15, -0.1) is 11.8 Å². The molecule has 0 saturated carbocycles. The van der Waals surface area contributed by atoms with E-state index in [2.05, 4.69) is 6.07 Å². The topological polar surface area (TPSA) is 40.6 Å². The second-order valence-electron chi connectivity index (χ2n) is 6.74. The molecule has 2 aromatic carbocycles. The van der Waals surface area contributed by atoms with Gasteiger partial charge in [-0.25, -0.2) is 9.69 Å². The Bertz CT molecular complexity index is 908. The molecule has 0 N–H and O–H groups in total. The van der Waals surface area contributed by atoms with Gasteiger partial charge in [-0.3, -0.25) is 4.79 Å². The second-order valence-corrected chi connectivity index (χ2v) is 7.79. The molecule has 2 heterocycles. The molecule has 0 aliphatic carbocycles. The van der Waals surface area contributed by atoms with Crippen molar-refractivity contribution in [1.29, 1.82) is 0 Å². The Morgan fingerprint density at radius 1 is 1.04 bits per heavy atom. The summed E-state index contributed by atoms with van der Waals surface area (Å²) < 4.78 is 0. The maximum atomic E-state index is 13.3. The van der Waals surface area contributed by atoms with Crippen molar-refractivity contribution < 1.29 is 9.59 Å². The molecule has 2 aliphatic rings. The number of imide groups is 1. The third-order valence-corrected chi connectivity index (χ3v) is 5.95. The number of carbonyl (C=O) groups is 2. The van der Waals surface area contributed by atoms with Crippen LogP contribution in [0.3, 0.4) is 0 Å². The molecule has 0 radical (unpaired) electrons. The minimum atomic E-state index is -0.280. The Morgan fingerprint density at radius 3 is 2.62 bits per heavy atom. The van der Waals surface area contributed by atoms with E-state index in [0.717, 1.165) is 16.7 Å². The summed E-state index contributed by atoms with van der Waals surface area (Å²) in [5.74, 6) is -0.134. The number of urea groups is 1. The molecule has 3 amide bonds. The first-order chi connectivity index (χ1) is 12.6. The number of hydrogen-bond donors (Lipinski definition) is 0. The van der Waals surface area contributed by atoms with Crippen molar-refractivity contribution in [3.05, 3.63) is 76.7 Å². The van der Waals surface area contributed by atoms with Crippen LogP contribution in [0.2, 0.25) is 0 Å². The van der Waals surface area contributed by atoms with Crippen LogP contribution in [0.5, 0.6) is 0 Å². The van der Waals surface area contributed by atoms with Crippen LogP contribution in [0, 0.1) is 13.8 Å². The molecule has 132 valence electrons. The Labute approximate surface area is 157 Å². The summed E-state index contributed by atoms with van der Waals surface area (Å²) >= 11 is 1.49. The van der Waals surface area contributed by atoms with E-state index in [0.29, 0.717) is 12.2 Å². The minimum Gasteiger partial charge on any atom is -0.312 e. The van der Waals surface area contributed by atoms with E-state index >= 15 is 0 Å². The van der Waals surface area contributed by atoms with Crippen molar-refractivity contribution in [1.82, 2.24) is 4.90 Å². The number of anilines is 1. The summed E-state index contributed by atoms with van der Waals surface area (Å²) in [6.45, 7) is 4.45. The minimum absolute atomic E-state index is 0.134. The molecule has 0 aromatic heterocycles. The average Bonchev–Trinajstić information content (AvgIpc) is 3.10. The first-order valence-corrected chi connectivity index (χ1v) is 9.58. The summed E-state index contributed by atoms with van der Waals surface area (Å²) in [6, 6.07) is 15.2. The number of rotatable bonds is 3. The average molecular weight is 364 g/mol. The number of para-hydroxylation sites is 1. The third-order valence-electron chi connectivity index (χ3n) is 4.86. The number of amides is 3. The molecule has 4 rings (SSSR count). The van der Waals surface area contributed by atoms with Crippen molar-refractivity contribution in [3.63, 3.8) is 0 Å². The molecule has 0 spiro atoms. The summed E-state index contributed by atoms with van der Waals surface area (Å²) in [5.41, 5.74) is 3.81. The molecule has 2 aliphatic heterocycles. The monoisotopic (exact) mass is 364 g/mol. The van der Waals surface area contributed by atoms with Gasteiger partial charge in [0, 0.05) is 6.54 Å². The maximum Gasteiger partial charge on any atom is 0.332 e. The van der Waals surface area contributed by atoms with Crippen LogP contribution >= 0.6 is 11.8 Å². The number of benzene rings is 2. The standard InChI is InChI=1S/C21H20N2O2S/c1-14-6-5-8-16(12-14)13-22-18-10-11-26-19(18)20(24)23(21(22)25)17-9-4-3-7-15(17)2/h3-12,18-19H,13H2,1-2H3. The predicted molar refractivity (Wildman–Crippen MR) is 105 cm³/mol. The number of hydrogen-bond acceptors (Lipinski definition) is 3. The number of aryl methyl sites for hydroxylation is 2. The number of nitrogens with zero attached hydrogens (tertiary/aromatic N) is 2. The highest BCUT2D eigenvalue weighted by atomic mass is 32.2. The molecule has 2 atom stereocenters. The number of carbonyl (C=O) groups excluding carboxylic acids is 2. The van der Waals surface area contributed by atoms with Crippen LogP contribution in [-0.2, 0) is 11.3 Å². The zero-order valence-corrected chi connectivity index (χ0v) is 15.6. The van der Waals surface area contributed by atoms with Gasteiger partial charge in [-0.05, 0) is 36.4 Å². The van der Waals surface area contributed by atoms with Gasteiger partial charge in [0.1, 0.15) is 5.25 Å². The Balaban J connectivity index is 1.73. The van der Waals surface area contributed by atoms with E-state index in [4.69, 9.17) is 0 Å². The van der Waals surface area contributed by atoms with E-state index in [1.54, 1.807) is 0 Å². The van der Waals surface area contributed by atoms with Crippen molar-refractivity contribution in [2.24, 2.45) is 0 Å². The van der Waals surface area contributed by atoms with Crippen molar-refractivity contribution in [2.75, 3.05) is 4.90 Å². The van der Waals surface area contributed by atoms with E-state index in [1.165, 1.54) is 16.7 Å². The summed E-state index contributed by atoms with van der Waals surface area (Å²) in [4.78, 5) is 29.5. The second kappa shape index (κ2) is 6.65. The summed E-state index contributed by atoms with van der Waals surface area (Å²) in [7, 11) is 0. The van der Waals surface area contributed by atoms with Gasteiger partial charge >= 0.3 is 6.03 Å². The van der Waals surface area contributed by atoms with Crippen LogP contribution < -0.4 is 4.90 Å². The molecule has 5 heteroatoms. The highest BCUT2D eigenvalue weighted by Gasteiger charge is 2.48. The van der Waals surface area contributed by atoms with Gasteiger partial charge < -0.3 is 4.90 Å². The smallest absolute Gasteiger partial charge is 0.312 e. The molecule has 2 aromatic rings. The molecular formula is C21H20N2O2S. The lowest BCUT2D eigenvalue weighted by Gasteiger charge is -2.41. The zero-order valence-electron chi connectivity index (χ0n) is 14.8. The van der Waals surface area contributed by atoms with Crippen LogP contribution in [0.1, 0.15) is 16.7 Å². The Kier molecular flexibility index (Phi) is 4.32. The van der Waals surface area contributed by atoms with Gasteiger partial charge in [0.05, 0.1) is 11.7 Å². The molecule has 1 saturated heterocycles. The van der Waals surface area contributed by atoms with E-state index in [-0.39, 0.29) is 23.2 Å². The fraction of sp³-hybridized carbons (Fsp3) is 0.238. The Morgan fingerprint density at radius 2 is 1.85 bits per heavy atom. The lowest BCUT2D eigenvalue weighted by Crippen LogP contribution is -2.61. The number of thioether (sulfide) groups is 1. The first-order valence-electron chi connectivity index (χ1n) is 8.64. The fourth-order valence-corrected chi connectivity index (χ4v) is 4.60. The third kappa shape index (κ3) is 2.82.